The molecule has 0 bridgehead atoms. The maximum absolute atomic E-state index is 11.5. The van der Waals surface area contributed by atoms with E-state index in [1.807, 2.05) is 0 Å². The summed E-state index contributed by atoms with van der Waals surface area (Å²) >= 11 is 0. The summed E-state index contributed by atoms with van der Waals surface area (Å²) in [5.41, 5.74) is 9.59. The number of aromatic amines is 1. The molecule has 1 aromatic heterocycles. The molecule has 28 heavy (non-hydrogen) atoms. The van der Waals surface area contributed by atoms with E-state index < -0.39 is 5.97 Å². The van der Waals surface area contributed by atoms with E-state index in [1.54, 1.807) is 12.1 Å². The maximum Gasteiger partial charge on any atom is 0.330 e. The number of nitrogens with one attached hydrogen (secondary N) is 1. The third kappa shape index (κ3) is 4.13. The Labute approximate surface area is 162 Å². The lowest BCUT2D eigenvalue weighted by Gasteiger charge is -2.17. The van der Waals surface area contributed by atoms with Gasteiger partial charge in [0.15, 0.2) is 0 Å². The Morgan fingerprint density at radius 2 is 1.96 bits per heavy atom. The van der Waals surface area contributed by atoms with Crippen molar-refractivity contribution in [2.45, 2.75) is 26.2 Å². The van der Waals surface area contributed by atoms with Crippen molar-refractivity contribution < 1.29 is 24.9 Å². The molecule has 1 heterocycles. The third-order valence-corrected chi connectivity index (χ3v) is 4.49. The summed E-state index contributed by atoms with van der Waals surface area (Å²) in [5, 5.41) is 38.8. The van der Waals surface area contributed by atoms with Gasteiger partial charge in [-0.25, -0.2) is 4.79 Å². The molecule has 0 saturated carbocycles. The predicted molar refractivity (Wildman–Crippen MR) is 103 cm³/mol. The largest absolute Gasteiger partial charge is 0.466 e. The number of hydrogen-bond donors (Lipinski definition) is 5. The highest BCUT2D eigenvalue weighted by Crippen LogP contribution is 2.36. The first-order valence-electron chi connectivity index (χ1n) is 8.63. The fourth-order valence-corrected chi connectivity index (χ4v) is 3.18. The lowest BCUT2D eigenvalue weighted by Crippen LogP contribution is -2.07. The van der Waals surface area contributed by atoms with Gasteiger partial charge in [0, 0.05) is 29.3 Å². The first kappa shape index (κ1) is 21.3. The van der Waals surface area contributed by atoms with Gasteiger partial charge in [0.2, 0.25) is 0 Å². The van der Waals surface area contributed by atoms with Gasteiger partial charge in [0.05, 0.1) is 26.9 Å². The second-order valence-electron chi connectivity index (χ2n) is 5.98. The highest BCUT2D eigenvalue weighted by molar-refractivity contribution is 5.91. The molecule has 0 unspecified atom stereocenters. The molecule has 0 amide bonds. The van der Waals surface area contributed by atoms with Crippen LogP contribution in [0, 0.1) is 11.3 Å². The van der Waals surface area contributed by atoms with Gasteiger partial charge in [-0.2, -0.15) is 5.26 Å². The molecule has 0 fully saturated rings. The number of nitriles is 1. The van der Waals surface area contributed by atoms with Crippen molar-refractivity contribution in [3.8, 4) is 17.2 Å². The van der Waals surface area contributed by atoms with E-state index in [4.69, 9.17) is 5.73 Å². The first-order valence-corrected chi connectivity index (χ1v) is 8.63. The molecule has 6 N–H and O–H groups in total. The van der Waals surface area contributed by atoms with Crippen LogP contribution in [0.4, 0.5) is 0 Å². The quantitative estimate of drug-likeness (QED) is 0.331. The monoisotopic (exact) mass is 385 g/mol. The van der Waals surface area contributed by atoms with E-state index >= 15 is 0 Å². The Hall–Kier alpha value is -2.96. The number of esters is 1. The van der Waals surface area contributed by atoms with Gasteiger partial charge in [-0.1, -0.05) is 12.1 Å². The minimum atomic E-state index is -0.578. The van der Waals surface area contributed by atoms with Gasteiger partial charge in [-0.15, -0.1) is 0 Å². The average molecular weight is 385 g/mol. The van der Waals surface area contributed by atoms with E-state index in [9.17, 15) is 25.4 Å². The number of carbonyl (C=O) groups excluding carboxylic acids is 1. The minimum Gasteiger partial charge on any atom is -0.466 e. The highest BCUT2D eigenvalue weighted by Gasteiger charge is 2.22. The molecule has 0 atom stereocenters. The van der Waals surface area contributed by atoms with Crippen molar-refractivity contribution in [2.24, 2.45) is 5.73 Å². The number of rotatable bonds is 8. The molecule has 148 valence electrons. The zero-order valence-electron chi connectivity index (χ0n) is 15.5. The normalized spacial score (nSPS) is 11.0. The summed E-state index contributed by atoms with van der Waals surface area (Å²) in [6.45, 7) is -0.720. The third-order valence-electron chi connectivity index (χ3n) is 4.49. The number of methoxy groups -OCH3 is 1. The predicted octanol–water partition coefficient (Wildman–Crippen LogP) is 0.718. The number of hydrogen-bond acceptors (Lipinski definition) is 7. The van der Waals surface area contributed by atoms with Crippen LogP contribution in [-0.4, -0.2) is 39.9 Å². The zero-order chi connectivity index (χ0) is 20.7. The molecule has 2 rings (SSSR count). The smallest absolute Gasteiger partial charge is 0.330 e. The van der Waals surface area contributed by atoms with Gasteiger partial charge in [-0.3, -0.25) is 0 Å². The van der Waals surface area contributed by atoms with Crippen LogP contribution in [0.3, 0.4) is 0 Å². The summed E-state index contributed by atoms with van der Waals surface area (Å²) in [5.74, 6) is -0.578. The van der Waals surface area contributed by atoms with Crippen molar-refractivity contribution in [1.82, 2.24) is 4.98 Å². The maximum atomic E-state index is 11.5. The van der Waals surface area contributed by atoms with Gasteiger partial charge in [0.25, 0.3) is 0 Å². The van der Waals surface area contributed by atoms with Gasteiger partial charge in [0.1, 0.15) is 11.8 Å². The van der Waals surface area contributed by atoms with E-state index in [1.165, 1.54) is 19.3 Å². The number of H-pyrrole nitrogens is 1. The van der Waals surface area contributed by atoms with E-state index in [2.05, 4.69) is 15.8 Å². The highest BCUT2D eigenvalue weighted by atomic mass is 16.5. The van der Waals surface area contributed by atoms with Crippen LogP contribution in [-0.2, 0) is 35.8 Å². The standard InChI is InChI=1S/C20H23N3O5/c1-28-19(27)5-4-14-18(8-22)23-17(6-7-21)20(14)13-3-2-12(9-24)15(10-25)16(13)11-26/h2-5,23-26H,6-7,9-11,21H2,1H3/b5-4+. The van der Waals surface area contributed by atoms with Crippen LogP contribution in [0.2, 0.25) is 0 Å². The first-order chi connectivity index (χ1) is 13.6. The van der Waals surface area contributed by atoms with E-state index in [-0.39, 0.29) is 25.5 Å². The molecule has 0 saturated heterocycles. The number of aliphatic hydroxyl groups is 3. The number of nitrogens with zero attached hydrogens (tertiary/aromatic N) is 1. The van der Waals surface area contributed by atoms with Crippen molar-refractivity contribution in [2.75, 3.05) is 13.7 Å². The number of ether oxygens (including phenoxy) is 1. The van der Waals surface area contributed by atoms with Crippen molar-refractivity contribution in [1.29, 1.82) is 5.26 Å². The Morgan fingerprint density at radius 1 is 1.25 bits per heavy atom. The second-order valence-corrected chi connectivity index (χ2v) is 5.98. The zero-order valence-corrected chi connectivity index (χ0v) is 15.5. The number of carbonyl (C=O) groups is 1. The van der Waals surface area contributed by atoms with Crippen LogP contribution in [0.1, 0.15) is 33.6 Å². The molecule has 8 heteroatoms. The molecule has 0 spiro atoms. The number of nitrogens with two attached hydrogens (primary N) is 1. The molecule has 0 aliphatic rings. The summed E-state index contributed by atoms with van der Waals surface area (Å²) in [7, 11) is 1.25. The summed E-state index contributed by atoms with van der Waals surface area (Å²) in [6, 6.07) is 5.42. The second kappa shape index (κ2) is 9.82. The van der Waals surface area contributed by atoms with Gasteiger partial charge >= 0.3 is 5.97 Å². The van der Waals surface area contributed by atoms with E-state index in [0.29, 0.717) is 52.0 Å². The molecular weight excluding hydrogens is 362 g/mol. The molecule has 2 aromatic rings. The lowest BCUT2D eigenvalue weighted by atomic mass is 9.89. The van der Waals surface area contributed by atoms with Crippen LogP contribution >= 0.6 is 0 Å². The molecule has 8 nitrogen and oxygen atoms in total. The fraction of sp³-hybridized carbons (Fsp3) is 0.300. The lowest BCUT2D eigenvalue weighted by molar-refractivity contribution is -0.134. The summed E-state index contributed by atoms with van der Waals surface area (Å²) in [6.07, 6.45) is 3.10. The molecule has 0 radical (unpaired) electrons. The van der Waals surface area contributed by atoms with Crippen LogP contribution in [0.25, 0.3) is 17.2 Å². The van der Waals surface area contributed by atoms with Crippen LogP contribution < -0.4 is 5.73 Å². The molecule has 0 aliphatic heterocycles. The fourth-order valence-electron chi connectivity index (χ4n) is 3.18. The van der Waals surface area contributed by atoms with Gasteiger partial charge < -0.3 is 30.8 Å². The Kier molecular flexibility index (Phi) is 7.49. The Bertz CT molecular complexity index is 925. The SMILES string of the molecule is COC(=O)/C=C/c1c(C#N)[nH]c(CCN)c1-c1ccc(CO)c(CO)c1CO. The van der Waals surface area contributed by atoms with Crippen LogP contribution in [0.15, 0.2) is 18.2 Å². The van der Waals surface area contributed by atoms with Crippen molar-refractivity contribution in [3.05, 3.63) is 51.9 Å². The Morgan fingerprint density at radius 3 is 2.50 bits per heavy atom. The van der Waals surface area contributed by atoms with Crippen molar-refractivity contribution in [3.63, 3.8) is 0 Å². The van der Waals surface area contributed by atoms with Gasteiger partial charge in [-0.05, 0) is 34.9 Å². The van der Waals surface area contributed by atoms with Crippen LogP contribution in [0.5, 0.6) is 0 Å². The number of aromatic nitrogens is 1. The molecule has 1 aromatic carbocycles. The summed E-state index contributed by atoms with van der Waals surface area (Å²) < 4.78 is 4.62. The summed E-state index contributed by atoms with van der Waals surface area (Å²) in [4.78, 5) is 14.6. The average Bonchev–Trinajstić information content (AvgIpc) is 3.07. The topological polar surface area (TPSA) is 153 Å². The van der Waals surface area contributed by atoms with Crippen molar-refractivity contribution >= 4 is 12.0 Å². The number of benzene rings is 1. The van der Waals surface area contributed by atoms with E-state index in [0.717, 1.165) is 0 Å². The molecular formula is C20H23N3O5. The minimum absolute atomic E-state index is 0.235. The molecule has 0 aliphatic carbocycles. The number of aliphatic hydroxyl groups excluding tert-OH is 3. The Balaban J connectivity index is 2.83.